The van der Waals surface area contributed by atoms with Crippen molar-refractivity contribution in [3.63, 3.8) is 0 Å². The molecule has 0 saturated heterocycles. The zero-order valence-corrected chi connectivity index (χ0v) is 10.3. The summed E-state index contributed by atoms with van der Waals surface area (Å²) < 4.78 is 25.0. The molecule has 0 radical (unpaired) electrons. The second-order valence-electron chi connectivity index (χ2n) is 3.74. The van der Waals surface area contributed by atoms with E-state index in [0.717, 1.165) is 17.8 Å². The van der Waals surface area contributed by atoms with Crippen molar-refractivity contribution in [3.05, 3.63) is 58.3 Å². The summed E-state index contributed by atoms with van der Waals surface area (Å²) in [6.07, 6.45) is 1.16. The molecule has 0 atom stereocenters. The van der Waals surface area contributed by atoms with Crippen molar-refractivity contribution in [2.75, 3.05) is 0 Å². The van der Waals surface area contributed by atoms with Crippen LogP contribution in [0.3, 0.4) is 0 Å². The first-order valence-corrected chi connectivity index (χ1v) is 6.51. The third kappa shape index (κ3) is 2.00. The van der Waals surface area contributed by atoms with Crippen molar-refractivity contribution in [1.29, 1.82) is 0 Å². The third-order valence-electron chi connectivity index (χ3n) is 2.46. The number of rotatable bonds is 3. The highest BCUT2D eigenvalue weighted by atomic mass is 32.2. The molecule has 1 aromatic carbocycles. The summed E-state index contributed by atoms with van der Waals surface area (Å²) in [4.78, 5) is 10.0. The zero-order chi connectivity index (χ0) is 13.3. The summed E-state index contributed by atoms with van der Waals surface area (Å²) in [5.41, 5.74) is 0.913. The number of aryl methyl sites for hydroxylation is 1. The molecule has 94 valence electrons. The lowest BCUT2D eigenvalue weighted by Gasteiger charge is -2.03. The molecule has 6 nitrogen and oxygen atoms in total. The second-order valence-corrected chi connectivity index (χ2v) is 5.55. The Morgan fingerprint density at radius 2 is 1.78 bits per heavy atom. The average molecular weight is 266 g/mol. The van der Waals surface area contributed by atoms with Crippen LogP contribution in [0, 0.1) is 17.0 Å². The number of nitro groups is 1. The van der Waals surface area contributed by atoms with Gasteiger partial charge in [-0.25, -0.2) is 0 Å². The Balaban J connectivity index is 2.58. The van der Waals surface area contributed by atoms with Gasteiger partial charge in [0, 0.05) is 6.07 Å². The van der Waals surface area contributed by atoms with E-state index in [2.05, 4.69) is 0 Å². The minimum absolute atomic E-state index is 0.0207. The van der Waals surface area contributed by atoms with Crippen molar-refractivity contribution in [2.45, 2.75) is 11.8 Å². The van der Waals surface area contributed by atoms with Crippen LogP contribution in [0.1, 0.15) is 5.56 Å². The van der Waals surface area contributed by atoms with Gasteiger partial charge in [-0.15, -0.1) is 3.97 Å². The highest BCUT2D eigenvalue weighted by Gasteiger charge is 2.27. The predicted octanol–water partition coefficient (Wildman–Crippen LogP) is 1.94. The van der Waals surface area contributed by atoms with Crippen LogP contribution < -0.4 is 0 Å². The minimum Gasteiger partial charge on any atom is -0.358 e. The van der Waals surface area contributed by atoms with Gasteiger partial charge in [0.2, 0.25) is 0 Å². The maximum absolute atomic E-state index is 12.2. The molecule has 0 spiro atoms. The number of aromatic nitrogens is 1. The van der Waals surface area contributed by atoms with E-state index in [0.29, 0.717) is 3.97 Å². The van der Waals surface area contributed by atoms with Crippen LogP contribution in [-0.2, 0) is 10.0 Å². The van der Waals surface area contributed by atoms with Crippen LogP contribution in [0.2, 0.25) is 0 Å². The molecule has 7 heteroatoms. The monoisotopic (exact) mass is 266 g/mol. The highest BCUT2D eigenvalue weighted by Crippen LogP contribution is 2.21. The fraction of sp³-hybridized carbons (Fsp3) is 0.0909. The molecule has 1 heterocycles. The summed E-state index contributed by atoms with van der Waals surface area (Å²) in [7, 11) is -3.91. The first-order chi connectivity index (χ1) is 8.43. The molecule has 0 amide bonds. The summed E-state index contributed by atoms with van der Waals surface area (Å²) in [5.74, 6) is -0.476. The normalized spacial score (nSPS) is 11.4. The third-order valence-corrected chi connectivity index (χ3v) is 4.15. The van der Waals surface area contributed by atoms with E-state index < -0.39 is 20.8 Å². The van der Waals surface area contributed by atoms with E-state index in [1.807, 2.05) is 6.92 Å². The number of hydrogen-bond acceptors (Lipinski definition) is 4. The number of hydrogen-bond donors (Lipinski definition) is 0. The van der Waals surface area contributed by atoms with Gasteiger partial charge in [0.15, 0.2) is 0 Å². The van der Waals surface area contributed by atoms with Crippen molar-refractivity contribution in [2.24, 2.45) is 0 Å². The Labute approximate surface area is 104 Å². The maximum Gasteiger partial charge on any atom is 0.338 e. The average Bonchev–Trinajstić information content (AvgIpc) is 2.79. The number of benzene rings is 1. The molecule has 2 rings (SSSR count). The summed E-state index contributed by atoms with van der Waals surface area (Å²) in [5, 5.41) is 10.7. The Kier molecular flexibility index (Phi) is 2.92. The van der Waals surface area contributed by atoms with Gasteiger partial charge in [-0.2, -0.15) is 8.42 Å². The topological polar surface area (TPSA) is 82.2 Å². The Bertz CT molecular complexity index is 686. The van der Waals surface area contributed by atoms with Crippen LogP contribution in [-0.4, -0.2) is 17.3 Å². The zero-order valence-electron chi connectivity index (χ0n) is 9.48. The molecule has 18 heavy (non-hydrogen) atoms. The van der Waals surface area contributed by atoms with Gasteiger partial charge in [-0.1, -0.05) is 17.7 Å². The fourth-order valence-corrected chi connectivity index (χ4v) is 2.84. The molecule has 0 aliphatic heterocycles. The van der Waals surface area contributed by atoms with Crippen LogP contribution in [0.15, 0.2) is 47.5 Å². The molecular weight excluding hydrogens is 256 g/mol. The van der Waals surface area contributed by atoms with Gasteiger partial charge in [-0.05, 0) is 30.0 Å². The molecule has 0 fully saturated rings. The Hall–Kier alpha value is -2.15. The van der Waals surface area contributed by atoms with Crippen molar-refractivity contribution < 1.29 is 13.3 Å². The van der Waals surface area contributed by atoms with E-state index in [-0.39, 0.29) is 4.90 Å². The van der Waals surface area contributed by atoms with Crippen LogP contribution in [0.4, 0.5) is 5.82 Å². The lowest BCUT2D eigenvalue weighted by Crippen LogP contribution is -2.14. The molecule has 0 unspecified atom stereocenters. The van der Waals surface area contributed by atoms with Gasteiger partial charge in [0.1, 0.15) is 11.1 Å². The highest BCUT2D eigenvalue weighted by molar-refractivity contribution is 7.90. The number of nitrogens with zero attached hydrogens (tertiary/aromatic N) is 2. The lowest BCUT2D eigenvalue weighted by atomic mass is 10.2. The minimum atomic E-state index is -3.91. The lowest BCUT2D eigenvalue weighted by molar-refractivity contribution is -0.390. The van der Waals surface area contributed by atoms with Gasteiger partial charge in [0.25, 0.3) is 0 Å². The van der Waals surface area contributed by atoms with Crippen LogP contribution in [0.25, 0.3) is 0 Å². The molecule has 2 aromatic rings. The molecule has 0 aliphatic rings. The van der Waals surface area contributed by atoms with Crippen LogP contribution >= 0.6 is 0 Å². The predicted molar refractivity (Wildman–Crippen MR) is 64.8 cm³/mol. The Morgan fingerprint density at radius 3 is 2.33 bits per heavy atom. The van der Waals surface area contributed by atoms with Gasteiger partial charge < -0.3 is 10.1 Å². The summed E-state index contributed by atoms with van der Waals surface area (Å²) in [6.45, 7) is 1.83. The van der Waals surface area contributed by atoms with Gasteiger partial charge >= 0.3 is 15.8 Å². The maximum atomic E-state index is 12.2. The largest absolute Gasteiger partial charge is 0.358 e. The fourth-order valence-electron chi connectivity index (χ4n) is 1.53. The molecule has 1 aromatic heterocycles. The first-order valence-electron chi connectivity index (χ1n) is 5.07. The van der Waals surface area contributed by atoms with Gasteiger partial charge in [0.05, 0.1) is 0 Å². The first kappa shape index (κ1) is 12.3. The van der Waals surface area contributed by atoms with E-state index in [1.54, 1.807) is 12.1 Å². The quantitative estimate of drug-likeness (QED) is 0.628. The smallest absolute Gasteiger partial charge is 0.338 e. The SMILES string of the molecule is Cc1ccc(S(=O)(=O)n2cccc2[N+](=O)[O-])cc1. The molecule has 0 bridgehead atoms. The Morgan fingerprint density at radius 1 is 1.17 bits per heavy atom. The van der Waals surface area contributed by atoms with E-state index >= 15 is 0 Å². The standard InChI is InChI=1S/C11H10N2O4S/c1-9-4-6-10(7-5-9)18(16,17)12-8-2-3-11(12)13(14)15/h2-8H,1H3. The molecule has 0 saturated carbocycles. The molecule has 0 aliphatic carbocycles. The van der Waals surface area contributed by atoms with Gasteiger partial charge in [-0.3, -0.25) is 0 Å². The van der Waals surface area contributed by atoms with Crippen molar-refractivity contribution >= 4 is 15.8 Å². The second kappa shape index (κ2) is 4.26. The summed E-state index contributed by atoms with van der Waals surface area (Å²) in [6, 6.07) is 8.60. The van der Waals surface area contributed by atoms with Crippen molar-refractivity contribution in [1.82, 2.24) is 3.97 Å². The van der Waals surface area contributed by atoms with E-state index in [4.69, 9.17) is 0 Å². The van der Waals surface area contributed by atoms with Crippen LogP contribution in [0.5, 0.6) is 0 Å². The van der Waals surface area contributed by atoms with E-state index in [1.165, 1.54) is 18.2 Å². The summed E-state index contributed by atoms with van der Waals surface area (Å²) >= 11 is 0. The van der Waals surface area contributed by atoms with Crippen molar-refractivity contribution in [3.8, 4) is 0 Å². The molecular formula is C11H10N2O4S. The molecule has 0 N–H and O–H groups in total. The van der Waals surface area contributed by atoms with E-state index in [9.17, 15) is 18.5 Å².